The molecule has 3 aromatic rings. The van der Waals surface area contributed by atoms with Gasteiger partial charge in [-0.2, -0.15) is 10.1 Å². The van der Waals surface area contributed by atoms with Gasteiger partial charge in [-0.15, -0.1) is 0 Å². The fourth-order valence-corrected chi connectivity index (χ4v) is 1.99. The van der Waals surface area contributed by atoms with Gasteiger partial charge < -0.3 is 5.32 Å². The van der Waals surface area contributed by atoms with Crippen LogP contribution in [0.15, 0.2) is 24.4 Å². The maximum absolute atomic E-state index is 13.2. The summed E-state index contributed by atoms with van der Waals surface area (Å²) < 4.78 is 13.2. The molecule has 5 nitrogen and oxygen atoms in total. The molecule has 0 aliphatic heterocycles. The zero-order valence-electron chi connectivity index (χ0n) is 9.91. The summed E-state index contributed by atoms with van der Waals surface area (Å²) >= 11 is 5.81. The summed E-state index contributed by atoms with van der Waals surface area (Å²) in [6.07, 6.45) is 1.63. The van der Waals surface area contributed by atoms with Gasteiger partial charge in [0.2, 0.25) is 5.95 Å². The monoisotopic (exact) mass is 277 g/mol. The van der Waals surface area contributed by atoms with Gasteiger partial charge in [0.05, 0.1) is 22.3 Å². The fraction of sp³-hybridized carbons (Fsp3) is 0.0833. The second-order valence-corrected chi connectivity index (χ2v) is 4.31. The first-order valence-corrected chi connectivity index (χ1v) is 5.91. The first-order valence-electron chi connectivity index (χ1n) is 5.53. The predicted molar refractivity (Wildman–Crippen MR) is 71.6 cm³/mol. The highest BCUT2D eigenvalue weighted by molar-refractivity contribution is 6.31. The summed E-state index contributed by atoms with van der Waals surface area (Å²) in [5, 5.41) is 10.4. The predicted octanol–water partition coefficient (Wildman–Crippen LogP) is 2.85. The Balaban J connectivity index is 2.27. The Morgan fingerprint density at radius 2 is 2.16 bits per heavy atom. The van der Waals surface area contributed by atoms with E-state index < -0.39 is 5.82 Å². The molecule has 2 heterocycles. The summed E-state index contributed by atoms with van der Waals surface area (Å²) in [5.41, 5.74) is 1.96. The number of benzene rings is 1. The van der Waals surface area contributed by atoms with Crippen molar-refractivity contribution in [3.05, 3.63) is 35.2 Å². The van der Waals surface area contributed by atoms with Gasteiger partial charge in [-0.3, -0.25) is 5.10 Å². The lowest BCUT2D eigenvalue weighted by Gasteiger charge is -2.06. The van der Waals surface area contributed by atoms with Crippen LogP contribution in [0.5, 0.6) is 0 Å². The van der Waals surface area contributed by atoms with Gasteiger partial charge in [-0.05, 0) is 18.2 Å². The van der Waals surface area contributed by atoms with E-state index in [0.717, 1.165) is 5.39 Å². The van der Waals surface area contributed by atoms with Crippen LogP contribution in [-0.2, 0) is 0 Å². The second kappa shape index (κ2) is 4.47. The number of nitrogens with zero attached hydrogens (tertiary/aromatic N) is 3. The summed E-state index contributed by atoms with van der Waals surface area (Å²) in [6, 6.07) is 4.46. The van der Waals surface area contributed by atoms with Crippen molar-refractivity contribution in [2.24, 2.45) is 0 Å². The average Bonchev–Trinajstić information content (AvgIpc) is 2.89. The molecule has 0 amide bonds. The van der Waals surface area contributed by atoms with Crippen LogP contribution in [0.4, 0.5) is 10.3 Å². The van der Waals surface area contributed by atoms with Crippen LogP contribution in [-0.4, -0.2) is 27.2 Å². The molecule has 2 N–H and O–H groups in total. The molecule has 0 saturated heterocycles. The Kier molecular flexibility index (Phi) is 2.79. The number of hydrogen-bond donors (Lipinski definition) is 2. The van der Waals surface area contributed by atoms with Crippen LogP contribution in [0.3, 0.4) is 0 Å². The average molecular weight is 278 g/mol. The minimum Gasteiger partial charge on any atom is -0.357 e. The van der Waals surface area contributed by atoms with E-state index in [4.69, 9.17) is 11.6 Å². The standard InChI is InChI=1S/C12H9ClFN5/c1-15-12-17-10(7-5-16-19-11(7)18-12)6-2-3-9(14)8(13)4-6/h2-5H,1H3,(H2,15,16,17,18,19). The number of H-pyrrole nitrogens is 1. The molecule has 2 aromatic heterocycles. The minimum absolute atomic E-state index is 0.0544. The van der Waals surface area contributed by atoms with E-state index >= 15 is 0 Å². The number of nitrogens with one attached hydrogen (secondary N) is 2. The van der Waals surface area contributed by atoms with Crippen molar-refractivity contribution in [3.63, 3.8) is 0 Å². The summed E-state index contributed by atoms with van der Waals surface area (Å²) in [6.45, 7) is 0. The van der Waals surface area contributed by atoms with Crippen LogP contribution in [0, 0.1) is 5.82 Å². The van der Waals surface area contributed by atoms with E-state index in [9.17, 15) is 4.39 Å². The van der Waals surface area contributed by atoms with E-state index in [1.165, 1.54) is 12.1 Å². The van der Waals surface area contributed by atoms with E-state index in [1.54, 1.807) is 19.3 Å². The molecule has 0 bridgehead atoms. The quantitative estimate of drug-likeness (QED) is 0.756. The topological polar surface area (TPSA) is 66.5 Å². The molecule has 0 unspecified atom stereocenters. The van der Waals surface area contributed by atoms with Crippen molar-refractivity contribution < 1.29 is 4.39 Å². The summed E-state index contributed by atoms with van der Waals surface area (Å²) in [5.74, 6) is -0.0102. The molecular weight excluding hydrogens is 269 g/mol. The first kappa shape index (κ1) is 11.9. The van der Waals surface area contributed by atoms with Gasteiger partial charge in [0.25, 0.3) is 0 Å². The van der Waals surface area contributed by atoms with Crippen LogP contribution in [0.25, 0.3) is 22.3 Å². The van der Waals surface area contributed by atoms with Crippen molar-refractivity contribution in [2.45, 2.75) is 0 Å². The van der Waals surface area contributed by atoms with E-state index in [1.807, 2.05) is 0 Å². The Labute approximate surface area is 112 Å². The molecule has 0 spiro atoms. The van der Waals surface area contributed by atoms with Crippen molar-refractivity contribution in [3.8, 4) is 11.3 Å². The largest absolute Gasteiger partial charge is 0.357 e. The number of anilines is 1. The second-order valence-electron chi connectivity index (χ2n) is 3.91. The van der Waals surface area contributed by atoms with Crippen LogP contribution in [0.2, 0.25) is 5.02 Å². The third-order valence-electron chi connectivity index (χ3n) is 2.73. The van der Waals surface area contributed by atoms with Crippen molar-refractivity contribution in [2.75, 3.05) is 12.4 Å². The minimum atomic E-state index is -0.461. The smallest absolute Gasteiger partial charge is 0.225 e. The normalized spacial score (nSPS) is 10.9. The molecule has 0 saturated carbocycles. The molecule has 3 rings (SSSR count). The zero-order chi connectivity index (χ0) is 13.4. The maximum Gasteiger partial charge on any atom is 0.225 e. The molecule has 0 radical (unpaired) electrons. The molecule has 0 atom stereocenters. The zero-order valence-corrected chi connectivity index (χ0v) is 10.7. The molecule has 7 heteroatoms. The third kappa shape index (κ3) is 2.00. The van der Waals surface area contributed by atoms with Gasteiger partial charge >= 0.3 is 0 Å². The highest BCUT2D eigenvalue weighted by Crippen LogP contribution is 2.28. The van der Waals surface area contributed by atoms with E-state index in [0.29, 0.717) is 22.9 Å². The van der Waals surface area contributed by atoms with Gasteiger partial charge in [0, 0.05) is 12.6 Å². The third-order valence-corrected chi connectivity index (χ3v) is 3.02. The number of aromatic amines is 1. The lowest BCUT2D eigenvalue weighted by atomic mass is 10.1. The van der Waals surface area contributed by atoms with Gasteiger partial charge in [0.15, 0.2) is 5.65 Å². The molecular formula is C12H9ClFN5. The van der Waals surface area contributed by atoms with Crippen molar-refractivity contribution in [1.82, 2.24) is 20.2 Å². The molecule has 0 fully saturated rings. The van der Waals surface area contributed by atoms with Gasteiger partial charge in [0.1, 0.15) is 5.82 Å². The Bertz CT molecular complexity index is 755. The highest BCUT2D eigenvalue weighted by atomic mass is 35.5. The first-order chi connectivity index (χ1) is 9.19. The Morgan fingerprint density at radius 1 is 1.32 bits per heavy atom. The lowest BCUT2D eigenvalue weighted by Crippen LogP contribution is -1.98. The number of rotatable bonds is 2. The molecule has 19 heavy (non-hydrogen) atoms. The summed E-state index contributed by atoms with van der Waals surface area (Å²) in [7, 11) is 1.72. The molecule has 96 valence electrons. The summed E-state index contributed by atoms with van der Waals surface area (Å²) in [4.78, 5) is 8.60. The molecule has 0 aliphatic carbocycles. The number of halogens is 2. The highest BCUT2D eigenvalue weighted by Gasteiger charge is 2.12. The number of fused-ring (bicyclic) bond motifs is 1. The van der Waals surface area contributed by atoms with E-state index in [2.05, 4.69) is 25.5 Å². The van der Waals surface area contributed by atoms with Crippen LogP contribution >= 0.6 is 11.6 Å². The van der Waals surface area contributed by atoms with Crippen molar-refractivity contribution in [1.29, 1.82) is 0 Å². The van der Waals surface area contributed by atoms with Crippen molar-refractivity contribution >= 4 is 28.6 Å². The fourth-order valence-electron chi connectivity index (χ4n) is 1.81. The number of hydrogen-bond acceptors (Lipinski definition) is 4. The number of aromatic nitrogens is 4. The van der Waals surface area contributed by atoms with Gasteiger partial charge in [-0.1, -0.05) is 11.6 Å². The van der Waals surface area contributed by atoms with Crippen LogP contribution < -0.4 is 5.32 Å². The molecule has 1 aromatic carbocycles. The van der Waals surface area contributed by atoms with E-state index in [-0.39, 0.29) is 5.02 Å². The maximum atomic E-state index is 13.2. The SMILES string of the molecule is CNc1nc(-c2ccc(F)c(Cl)c2)c2cn[nH]c2n1. The molecule has 0 aliphatic rings. The Morgan fingerprint density at radius 3 is 2.89 bits per heavy atom. The van der Waals surface area contributed by atoms with Gasteiger partial charge in [-0.25, -0.2) is 9.37 Å². The van der Waals surface area contributed by atoms with Crippen LogP contribution in [0.1, 0.15) is 0 Å². The Hall–Kier alpha value is -2.21. The lowest BCUT2D eigenvalue weighted by molar-refractivity contribution is 0.628.